The Kier molecular flexibility index (Phi) is 6.11. The number of nitrogens with one attached hydrogen (secondary N) is 1. The zero-order valence-corrected chi connectivity index (χ0v) is 17.9. The van der Waals surface area contributed by atoms with E-state index in [1.54, 1.807) is 18.4 Å². The molecule has 29 heavy (non-hydrogen) atoms. The molecule has 0 spiro atoms. The zero-order chi connectivity index (χ0) is 20.4. The van der Waals surface area contributed by atoms with Crippen molar-refractivity contribution in [2.75, 3.05) is 6.61 Å². The molecule has 0 saturated heterocycles. The monoisotopic (exact) mass is 479 g/mol. The normalized spacial score (nSPS) is 18.9. The Labute approximate surface area is 181 Å². The van der Waals surface area contributed by atoms with Gasteiger partial charge in [0, 0.05) is 29.3 Å². The van der Waals surface area contributed by atoms with Gasteiger partial charge in [0.05, 0.1) is 22.4 Å². The molecular formula is C22H20BrClFNO3. The van der Waals surface area contributed by atoms with Gasteiger partial charge in [-0.05, 0) is 53.0 Å². The molecule has 1 aliphatic carbocycles. The number of hydrogen-bond donors (Lipinski definition) is 1. The van der Waals surface area contributed by atoms with Crippen LogP contribution in [0.15, 0.2) is 51.6 Å². The topological polar surface area (TPSA) is 51.5 Å². The molecule has 0 bridgehead atoms. The molecule has 1 N–H and O–H groups in total. The smallest absolute Gasteiger partial charge is 0.223 e. The van der Waals surface area contributed by atoms with Crippen LogP contribution in [0.5, 0.6) is 5.75 Å². The number of furan rings is 1. The quantitative estimate of drug-likeness (QED) is 0.464. The van der Waals surface area contributed by atoms with Crippen LogP contribution in [0.3, 0.4) is 0 Å². The second-order valence-corrected chi connectivity index (χ2v) is 8.54. The molecule has 7 heteroatoms. The maximum absolute atomic E-state index is 14.0. The lowest BCUT2D eigenvalue weighted by Crippen LogP contribution is -2.34. The van der Waals surface area contributed by atoms with Crippen LogP contribution >= 0.6 is 27.5 Å². The first-order valence-electron chi connectivity index (χ1n) is 9.53. The highest BCUT2D eigenvalue weighted by molar-refractivity contribution is 9.10. The van der Waals surface area contributed by atoms with Gasteiger partial charge in [-0.2, -0.15) is 0 Å². The number of amides is 1. The van der Waals surface area contributed by atoms with Gasteiger partial charge in [-0.1, -0.05) is 30.2 Å². The molecule has 2 unspecified atom stereocenters. The molecule has 1 aliphatic rings. The van der Waals surface area contributed by atoms with Crippen molar-refractivity contribution < 1.29 is 18.3 Å². The number of carbonyl (C=O) groups excluding carboxylic acids is 1. The largest absolute Gasteiger partial charge is 0.493 e. The van der Waals surface area contributed by atoms with E-state index in [0.717, 1.165) is 40.5 Å². The van der Waals surface area contributed by atoms with Crippen molar-refractivity contribution >= 4 is 44.4 Å². The Morgan fingerprint density at radius 1 is 1.31 bits per heavy atom. The molecule has 4 nitrogen and oxygen atoms in total. The van der Waals surface area contributed by atoms with Gasteiger partial charge in [0.25, 0.3) is 0 Å². The second-order valence-electron chi connectivity index (χ2n) is 7.28. The van der Waals surface area contributed by atoms with Crippen molar-refractivity contribution in [1.82, 2.24) is 5.32 Å². The first-order chi connectivity index (χ1) is 14.0. The van der Waals surface area contributed by atoms with E-state index in [1.807, 2.05) is 18.2 Å². The lowest BCUT2D eigenvalue weighted by Gasteiger charge is -2.20. The van der Waals surface area contributed by atoms with Gasteiger partial charge in [-0.25, -0.2) is 4.39 Å². The molecule has 1 fully saturated rings. The van der Waals surface area contributed by atoms with Crippen LogP contribution in [0, 0.1) is 17.7 Å². The fourth-order valence-electron chi connectivity index (χ4n) is 3.88. The number of halogens is 3. The Balaban J connectivity index is 1.36. The summed E-state index contributed by atoms with van der Waals surface area (Å²) in [6, 6.07) is 10.5. The minimum Gasteiger partial charge on any atom is -0.493 e. The summed E-state index contributed by atoms with van der Waals surface area (Å²) in [4.78, 5) is 12.7. The third kappa shape index (κ3) is 4.43. The van der Waals surface area contributed by atoms with Crippen LogP contribution < -0.4 is 10.1 Å². The van der Waals surface area contributed by atoms with E-state index in [1.165, 1.54) is 6.07 Å². The maximum Gasteiger partial charge on any atom is 0.223 e. The van der Waals surface area contributed by atoms with Crippen LogP contribution in [0.1, 0.15) is 24.8 Å². The average Bonchev–Trinajstić information content (AvgIpc) is 3.36. The molecular weight excluding hydrogens is 461 g/mol. The van der Waals surface area contributed by atoms with Crippen molar-refractivity contribution in [3.8, 4) is 5.75 Å². The van der Waals surface area contributed by atoms with E-state index in [4.69, 9.17) is 20.8 Å². The van der Waals surface area contributed by atoms with Crippen molar-refractivity contribution in [3.63, 3.8) is 0 Å². The predicted octanol–water partition coefficient (Wildman–Crippen LogP) is 6.10. The number of benzene rings is 2. The van der Waals surface area contributed by atoms with Crippen LogP contribution in [-0.4, -0.2) is 12.5 Å². The van der Waals surface area contributed by atoms with Gasteiger partial charge in [-0.15, -0.1) is 0 Å². The predicted molar refractivity (Wildman–Crippen MR) is 113 cm³/mol. The Morgan fingerprint density at radius 2 is 2.17 bits per heavy atom. The third-order valence-electron chi connectivity index (χ3n) is 5.42. The first kappa shape index (κ1) is 20.2. The van der Waals surface area contributed by atoms with Gasteiger partial charge in [0.15, 0.2) is 0 Å². The van der Waals surface area contributed by atoms with Crippen LogP contribution in [-0.2, 0) is 11.3 Å². The Morgan fingerprint density at radius 3 is 3.03 bits per heavy atom. The number of ether oxygens (including phenoxy) is 1. The summed E-state index contributed by atoms with van der Waals surface area (Å²) in [5.41, 5.74) is 1.17. The second kappa shape index (κ2) is 8.76. The minimum atomic E-state index is -0.485. The zero-order valence-electron chi connectivity index (χ0n) is 15.6. The van der Waals surface area contributed by atoms with Gasteiger partial charge in [0.1, 0.15) is 17.1 Å². The van der Waals surface area contributed by atoms with Crippen LogP contribution in [0.2, 0.25) is 5.02 Å². The first-order valence-corrected chi connectivity index (χ1v) is 10.7. The van der Waals surface area contributed by atoms with Crippen molar-refractivity contribution in [3.05, 3.63) is 63.5 Å². The van der Waals surface area contributed by atoms with Crippen LogP contribution in [0.4, 0.5) is 4.39 Å². The van der Waals surface area contributed by atoms with E-state index in [0.29, 0.717) is 12.2 Å². The summed E-state index contributed by atoms with van der Waals surface area (Å²) in [5.74, 6) is 0.164. The molecule has 0 radical (unpaired) electrons. The molecule has 4 rings (SSSR count). The molecule has 2 aromatic carbocycles. The summed E-state index contributed by atoms with van der Waals surface area (Å²) in [6.07, 6.45) is 4.35. The van der Waals surface area contributed by atoms with Crippen molar-refractivity contribution in [2.45, 2.75) is 25.8 Å². The van der Waals surface area contributed by atoms with Crippen molar-refractivity contribution in [1.29, 1.82) is 0 Å². The summed E-state index contributed by atoms with van der Waals surface area (Å²) >= 11 is 9.30. The maximum atomic E-state index is 14.0. The van der Waals surface area contributed by atoms with E-state index in [2.05, 4.69) is 21.2 Å². The number of hydrogen-bond acceptors (Lipinski definition) is 3. The van der Waals surface area contributed by atoms with Gasteiger partial charge in [-0.3, -0.25) is 4.79 Å². The molecule has 2 atom stereocenters. The molecule has 1 aromatic heterocycles. The number of rotatable bonds is 6. The summed E-state index contributed by atoms with van der Waals surface area (Å²) in [7, 11) is 0. The fraction of sp³-hybridized carbons (Fsp3) is 0.318. The van der Waals surface area contributed by atoms with E-state index in [9.17, 15) is 9.18 Å². The SMILES string of the molecule is O=C(NCc1cccc(Cl)c1F)C1CCCC1COc1cc(Br)c2occc2c1. The molecule has 1 saturated carbocycles. The number of carbonyl (C=O) groups is 1. The molecule has 1 amide bonds. The standard InChI is InChI=1S/C22H20BrClFNO3/c23-18-10-16(9-13-7-8-28-21(13)18)29-12-15-4-1-5-17(15)22(27)26-11-14-3-2-6-19(24)20(14)25/h2-3,6-10,15,17H,1,4-5,11-12H2,(H,26,27). The lowest BCUT2D eigenvalue weighted by atomic mass is 9.96. The average molecular weight is 481 g/mol. The molecule has 0 aliphatic heterocycles. The van der Waals surface area contributed by atoms with E-state index in [-0.39, 0.29) is 29.3 Å². The van der Waals surface area contributed by atoms with Crippen molar-refractivity contribution in [2.24, 2.45) is 11.8 Å². The Hall–Kier alpha value is -2.05. The Bertz CT molecular complexity index is 1040. The molecule has 3 aromatic rings. The van der Waals surface area contributed by atoms with E-state index < -0.39 is 5.82 Å². The molecule has 152 valence electrons. The van der Waals surface area contributed by atoms with Gasteiger partial charge >= 0.3 is 0 Å². The summed E-state index contributed by atoms with van der Waals surface area (Å²) in [5, 5.41) is 3.87. The third-order valence-corrected chi connectivity index (χ3v) is 6.30. The highest BCUT2D eigenvalue weighted by atomic mass is 79.9. The minimum absolute atomic E-state index is 0.0599. The number of fused-ring (bicyclic) bond motifs is 1. The highest BCUT2D eigenvalue weighted by Gasteiger charge is 2.33. The fourth-order valence-corrected chi connectivity index (χ4v) is 4.62. The lowest BCUT2D eigenvalue weighted by molar-refractivity contribution is -0.126. The highest BCUT2D eigenvalue weighted by Crippen LogP contribution is 2.34. The van der Waals surface area contributed by atoms with Gasteiger partial charge in [0.2, 0.25) is 5.91 Å². The van der Waals surface area contributed by atoms with Gasteiger partial charge < -0.3 is 14.5 Å². The summed E-state index contributed by atoms with van der Waals surface area (Å²) in [6.45, 7) is 0.582. The van der Waals surface area contributed by atoms with E-state index >= 15 is 0 Å². The summed E-state index contributed by atoms with van der Waals surface area (Å²) < 4.78 is 26.3. The molecule has 1 heterocycles. The van der Waals surface area contributed by atoms with Crippen LogP contribution in [0.25, 0.3) is 11.0 Å².